The van der Waals surface area contributed by atoms with Crippen LogP contribution in [0.4, 0.5) is 0 Å². The van der Waals surface area contributed by atoms with Gasteiger partial charge in [0, 0.05) is 55.4 Å². The second-order valence-electron chi connectivity index (χ2n) is 14.6. The first-order valence-electron chi connectivity index (χ1n) is 18.7. The Balaban J connectivity index is 1.19. The number of hydrogen-bond donors (Lipinski definition) is 0. The smallest absolute Gasteiger partial charge is 0.0541 e. The molecule has 0 aliphatic carbocycles. The molecule has 0 amide bonds. The van der Waals surface area contributed by atoms with E-state index in [9.17, 15) is 0 Å². The fourth-order valence-corrected chi connectivity index (χ4v) is 8.85. The molecule has 0 N–H and O–H groups in total. The first-order chi connectivity index (χ1) is 26.4. The Morgan fingerprint density at radius 2 is 0.704 bits per heavy atom. The van der Waals surface area contributed by atoms with E-state index in [4.69, 9.17) is 4.98 Å². The molecule has 0 bridgehead atoms. The lowest BCUT2D eigenvalue weighted by Gasteiger charge is -2.18. The molecule has 0 saturated carbocycles. The second kappa shape index (κ2) is 12.5. The molecule has 3 nitrogen and oxygen atoms in total. The van der Waals surface area contributed by atoms with E-state index in [2.05, 4.69) is 201 Å². The Hall–Kier alpha value is -6.71. The Morgan fingerprint density at radius 1 is 0.352 bits per heavy atom. The molecule has 0 spiro atoms. The molecular formula is C51H39N3. The van der Waals surface area contributed by atoms with Gasteiger partial charge in [0.2, 0.25) is 0 Å². The molecule has 10 aromatic rings. The number of nitrogens with zero attached hydrogens (tertiary/aromatic N) is 3. The Kier molecular flexibility index (Phi) is 7.38. The zero-order valence-corrected chi connectivity index (χ0v) is 30.9. The molecule has 10 rings (SSSR count). The van der Waals surface area contributed by atoms with Crippen molar-refractivity contribution in [3.05, 3.63) is 186 Å². The zero-order chi connectivity index (χ0) is 36.5. The normalized spacial score (nSPS) is 11.7. The number of aryl methyl sites for hydroxylation is 3. The fraction of sp³-hybridized carbons (Fsp3) is 0.0784. The average molecular weight is 694 g/mol. The van der Waals surface area contributed by atoms with Crippen LogP contribution in [0.3, 0.4) is 0 Å². The van der Waals surface area contributed by atoms with Gasteiger partial charge in [-0.3, -0.25) is 4.98 Å². The van der Waals surface area contributed by atoms with Crippen LogP contribution in [0.15, 0.2) is 164 Å². The number of rotatable bonds is 5. The summed E-state index contributed by atoms with van der Waals surface area (Å²) in [5.41, 5.74) is 18.8. The summed E-state index contributed by atoms with van der Waals surface area (Å²) in [7, 11) is 0. The van der Waals surface area contributed by atoms with Crippen LogP contribution >= 0.6 is 0 Å². The van der Waals surface area contributed by atoms with Gasteiger partial charge in [-0.2, -0.15) is 0 Å². The van der Waals surface area contributed by atoms with Crippen LogP contribution in [0.2, 0.25) is 0 Å². The maximum atomic E-state index is 5.06. The maximum absolute atomic E-state index is 5.06. The lowest BCUT2D eigenvalue weighted by molar-refractivity contribution is 1.11. The van der Waals surface area contributed by atoms with Gasteiger partial charge in [0.05, 0.1) is 22.1 Å². The average Bonchev–Trinajstić information content (AvgIpc) is 3.72. The van der Waals surface area contributed by atoms with Crippen molar-refractivity contribution in [2.75, 3.05) is 0 Å². The van der Waals surface area contributed by atoms with E-state index >= 15 is 0 Å². The lowest BCUT2D eigenvalue weighted by Crippen LogP contribution is -2.00. The monoisotopic (exact) mass is 693 g/mol. The summed E-state index contributed by atoms with van der Waals surface area (Å²) in [6.07, 6.45) is 0. The van der Waals surface area contributed by atoms with Crippen molar-refractivity contribution in [1.82, 2.24) is 14.1 Å². The molecule has 0 aliphatic heterocycles. The van der Waals surface area contributed by atoms with Crippen molar-refractivity contribution in [1.29, 1.82) is 0 Å². The quantitative estimate of drug-likeness (QED) is 0.176. The van der Waals surface area contributed by atoms with E-state index in [0.717, 1.165) is 33.9 Å². The minimum Gasteiger partial charge on any atom is -0.309 e. The fourth-order valence-electron chi connectivity index (χ4n) is 8.85. The minimum absolute atomic E-state index is 1.05. The number of hydrogen-bond acceptors (Lipinski definition) is 1. The topological polar surface area (TPSA) is 22.8 Å². The third kappa shape index (κ3) is 5.00. The Bertz CT molecular complexity index is 2830. The first-order valence-corrected chi connectivity index (χ1v) is 18.7. The van der Waals surface area contributed by atoms with E-state index < -0.39 is 0 Å². The van der Waals surface area contributed by atoms with Crippen molar-refractivity contribution in [3.63, 3.8) is 0 Å². The van der Waals surface area contributed by atoms with Gasteiger partial charge in [-0.05, 0) is 98.0 Å². The van der Waals surface area contributed by atoms with Gasteiger partial charge in [0.15, 0.2) is 0 Å². The summed E-state index contributed by atoms with van der Waals surface area (Å²) in [5, 5.41) is 5.01. The molecule has 0 unspecified atom stereocenters. The van der Waals surface area contributed by atoms with Gasteiger partial charge in [-0.1, -0.05) is 127 Å². The molecule has 0 fully saturated rings. The number of para-hydroxylation sites is 4. The number of benzene rings is 7. The molecule has 0 aliphatic rings. The van der Waals surface area contributed by atoms with Crippen molar-refractivity contribution < 1.29 is 0 Å². The lowest BCUT2D eigenvalue weighted by atomic mass is 9.90. The van der Waals surface area contributed by atoms with E-state index in [1.54, 1.807) is 0 Å². The van der Waals surface area contributed by atoms with Crippen LogP contribution in [0.25, 0.3) is 88.4 Å². The van der Waals surface area contributed by atoms with Crippen molar-refractivity contribution in [3.8, 4) is 44.8 Å². The third-order valence-corrected chi connectivity index (χ3v) is 11.2. The molecule has 3 aromatic heterocycles. The molecule has 258 valence electrons. The van der Waals surface area contributed by atoms with Gasteiger partial charge in [0.25, 0.3) is 0 Å². The maximum Gasteiger partial charge on any atom is 0.0541 e. The van der Waals surface area contributed by atoms with Crippen molar-refractivity contribution >= 4 is 43.6 Å². The highest BCUT2D eigenvalue weighted by Crippen LogP contribution is 2.40. The standard InChI is InChI=1S/C51H39N3/c1-32-21-23-37(24-22-32)50-33(2)51(35(4)52-34(50)3)38-27-25-36(26-28-38)39-29-40(53-46-17-9-5-13-42(46)43-14-6-10-18-47(43)53)31-41(30-39)54-48-19-11-7-15-44(48)45-16-8-12-20-49(45)54/h5-31H,1-4H3. The molecule has 3 heteroatoms. The van der Waals surface area contributed by atoms with E-state index in [1.165, 1.54) is 77.0 Å². The Labute approximate surface area is 315 Å². The van der Waals surface area contributed by atoms with Crippen molar-refractivity contribution in [2.45, 2.75) is 27.7 Å². The van der Waals surface area contributed by atoms with E-state index in [0.29, 0.717) is 0 Å². The van der Waals surface area contributed by atoms with Crippen molar-refractivity contribution in [2.24, 2.45) is 0 Å². The number of aromatic nitrogens is 3. The largest absolute Gasteiger partial charge is 0.309 e. The highest BCUT2D eigenvalue weighted by molar-refractivity contribution is 6.10. The molecule has 0 saturated heterocycles. The molecule has 7 aromatic carbocycles. The third-order valence-electron chi connectivity index (χ3n) is 11.2. The number of fused-ring (bicyclic) bond motifs is 6. The van der Waals surface area contributed by atoms with Crippen LogP contribution in [-0.4, -0.2) is 14.1 Å². The molecule has 3 heterocycles. The van der Waals surface area contributed by atoms with Crippen LogP contribution in [0, 0.1) is 27.7 Å². The summed E-state index contributed by atoms with van der Waals surface area (Å²) in [6, 6.07) is 60.0. The first kappa shape index (κ1) is 32.0. The number of pyridine rings is 1. The van der Waals surface area contributed by atoms with Gasteiger partial charge >= 0.3 is 0 Å². The summed E-state index contributed by atoms with van der Waals surface area (Å²) < 4.78 is 4.86. The predicted molar refractivity (Wildman–Crippen MR) is 228 cm³/mol. The van der Waals surface area contributed by atoms with Crippen LogP contribution in [0.1, 0.15) is 22.5 Å². The van der Waals surface area contributed by atoms with Gasteiger partial charge < -0.3 is 9.13 Å². The molecule has 54 heavy (non-hydrogen) atoms. The highest BCUT2D eigenvalue weighted by Gasteiger charge is 2.19. The Morgan fingerprint density at radius 3 is 1.11 bits per heavy atom. The predicted octanol–water partition coefficient (Wildman–Crippen LogP) is 13.5. The summed E-state index contributed by atoms with van der Waals surface area (Å²) in [4.78, 5) is 5.06. The van der Waals surface area contributed by atoms with Gasteiger partial charge in [-0.15, -0.1) is 0 Å². The molecular weight excluding hydrogens is 655 g/mol. The molecule has 0 atom stereocenters. The van der Waals surface area contributed by atoms with Gasteiger partial charge in [0.1, 0.15) is 0 Å². The SMILES string of the molecule is Cc1ccc(-c2c(C)nc(C)c(-c3ccc(-c4cc(-n5c6ccccc6c6ccccc65)cc(-n5c6ccccc6c6ccccc65)c4)cc3)c2C)cc1. The van der Waals surface area contributed by atoms with E-state index in [-0.39, 0.29) is 0 Å². The van der Waals surface area contributed by atoms with Crippen LogP contribution < -0.4 is 0 Å². The van der Waals surface area contributed by atoms with Gasteiger partial charge in [-0.25, -0.2) is 0 Å². The van der Waals surface area contributed by atoms with Crippen LogP contribution in [-0.2, 0) is 0 Å². The summed E-state index contributed by atoms with van der Waals surface area (Å²) in [6.45, 7) is 8.64. The second-order valence-corrected chi connectivity index (χ2v) is 14.6. The van der Waals surface area contributed by atoms with E-state index in [1.807, 2.05) is 0 Å². The van der Waals surface area contributed by atoms with Crippen LogP contribution in [0.5, 0.6) is 0 Å². The minimum atomic E-state index is 1.05. The highest BCUT2D eigenvalue weighted by atomic mass is 15.0. The zero-order valence-electron chi connectivity index (χ0n) is 30.9. The summed E-state index contributed by atoms with van der Waals surface area (Å²) >= 11 is 0. The molecule has 0 radical (unpaired) electrons. The summed E-state index contributed by atoms with van der Waals surface area (Å²) in [5.74, 6) is 0.